The lowest BCUT2D eigenvalue weighted by Crippen LogP contribution is -2.26. The number of likely N-dealkylation sites (N-methyl/N-ethyl adjacent to an activating group) is 1. The van der Waals surface area contributed by atoms with Crippen molar-refractivity contribution < 1.29 is 0 Å². The third-order valence-electron chi connectivity index (χ3n) is 7.62. The Morgan fingerprint density at radius 2 is 1.14 bits per heavy atom. The molecule has 0 saturated carbocycles. The van der Waals surface area contributed by atoms with Gasteiger partial charge in [0.2, 0.25) is 0 Å². The summed E-state index contributed by atoms with van der Waals surface area (Å²) in [6.07, 6.45) is 2.61. The molecule has 1 aromatic rings. The molecule has 2 aliphatic carbocycles. The van der Waals surface area contributed by atoms with Gasteiger partial charge in [0.05, 0.1) is 0 Å². The minimum atomic E-state index is 0.639. The predicted molar refractivity (Wildman–Crippen MR) is 95.3 cm³/mol. The Morgan fingerprint density at radius 1 is 0.682 bits per heavy atom. The summed E-state index contributed by atoms with van der Waals surface area (Å²) in [4.78, 5) is 2.60. The van der Waals surface area contributed by atoms with Gasteiger partial charge in [0.1, 0.15) is 0 Å². The molecule has 1 nitrogen and oxygen atoms in total. The molecule has 0 bridgehead atoms. The van der Waals surface area contributed by atoms with Crippen molar-refractivity contribution in [3.8, 4) is 0 Å². The Hall–Kier alpha value is -0.980. The van der Waals surface area contributed by atoms with Crippen LogP contribution in [0.2, 0.25) is 0 Å². The van der Waals surface area contributed by atoms with Crippen LogP contribution in [0.15, 0.2) is 0 Å². The fourth-order valence-corrected chi connectivity index (χ4v) is 5.60. The summed E-state index contributed by atoms with van der Waals surface area (Å²) in [5.74, 6) is 3.76. The maximum atomic E-state index is 2.60. The zero-order valence-electron chi connectivity index (χ0n) is 15.3. The van der Waals surface area contributed by atoms with Gasteiger partial charge in [-0.1, -0.05) is 34.6 Å². The minimum absolute atomic E-state index is 0.639. The van der Waals surface area contributed by atoms with E-state index in [4.69, 9.17) is 0 Å². The molecule has 0 spiro atoms. The average molecular weight is 297 g/mol. The van der Waals surface area contributed by atoms with Crippen molar-refractivity contribution >= 4 is 5.69 Å². The zero-order chi connectivity index (χ0) is 15.9. The van der Waals surface area contributed by atoms with Crippen LogP contribution in [-0.2, 0) is 12.8 Å². The molecule has 22 heavy (non-hydrogen) atoms. The SMILES string of the molecule is C[C@@H]1Cc2c(c3c(c4c2[C@H](C)[C@H](C)N4C)[C@H](C)[C@H](C)C3)[C@@H]1C. The van der Waals surface area contributed by atoms with Crippen LogP contribution in [0, 0.1) is 11.8 Å². The van der Waals surface area contributed by atoms with Gasteiger partial charge in [0.15, 0.2) is 0 Å². The van der Waals surface area contributed by atoms with E-state index in [1.54, 1.807) is 33.5 Å². The van der Waals surface area contributed by atoms with E-state index in [0.29, 0.717) is 12.0 Å². The molecule has 3 aliphatic rings. The van der Waals surface area contributed by atoms with E-state index in [1.165, 1.54) is 12.8 Å². The van der Waals surface area contributed by atoms with Crippen molar-refractivity contribution in [2.75, 3.05) is 11.9 Å². The van der Waals surface area contributed by atoms with Gasteiger partial charge in [-0.25, -0.2) is 0 Å². The van der Waals surface area contributed by atoms with Crippen LogP contribution >= 0.6 is 0 Å². The van der Waals surface area contributed by atoms with Gasteiger partial charge in [0, 0.05) is 24.7 Å². The first-order valence-corrected chi connectivity index (χ1v) is 9.28. The van der Waals surface area contributed by atoms with Gasteiger partial charge in [-0.05, 0) is 71.3 Å². The number of anilines is 1. The van der Waals surface area contributed by atoms with Crippen molar-refractivity contribution in [1.82, 2.24) is 0 Å². The number of benzene rings is 1. The lowest BCUT2D eigenvalue weighted by molar-refractivity contribution is 0.520. The molecule has 1 aliphatic heterocycles. The summed E-state index contributed by atoms with van der Waals surface area (Å²) < 4.78 is 0. The van der Waals surface area contributed by atoms with Crippen LogP contribution in [0.25, 0.3) is 0 Å². The molecule has 0 fully saturated rings. The topological polar surface area (TPSA) is 3.24 Å². The Morgan fingerprint density at radius 3 is 1.68 bits per heavy atom. The highest BCUT2D eigenvalue weighted by Gasteiger charge is 2.45. The van der Waals surface area contributed by atoms with E-state index in [1.807, 2.05) is 0 Å². The Labute approximate surface area is 136 Å². The van der Waals surface area contributed by atoms with Crippen LogP contribution in [0.3, 0.4) is 0 Å². The highest BCUT2D eigenvalue weighted by Crippen LogP contribution is 2.57. The van der Waals surface area contributed by atoms with Crippen molar-refractivity contribution in [3.63, 3.8) is 0 Å². The van der Waals surface area contributed by atoms with Crippen LogP contribution in [0.1, 0.15) is 87.1 Å². The average Bonchev–Trinajstić information content (AvgIpc) is 3.01. The minimum Gasteiger partial charge on any atom is -0.371 e. The zero-order valence-corrected chi connectivity index (χ0v) is 15.3. The Bertz CT molecular complexity index is 621. The van der Waals surface area contributed by atoms with Crippen LogP contribution in [0.5, 0.6) is 0 Å². The standard InChI is InChI=1S/C21H31N/c1-10-8-17-18(12(10)3)16-9-11(2)13(4)19(16)21-20(17)14(5)15(6)22(21)7/h10-15H,8-9H2,1-7H3/t10-,11-,12-,13-,14-,15+/m1/s1. The lowest BCUT2D eigenvalue weighted by Gasteiger charge is -2.25. The van der Waals surface area contributed by atoms with E-state index in [0.717, 1.165) is 23.7 Å². The van der Waals surface area contributed by atoms with E-state index < -0.39 is 0 Å². The summed E-state index contributed by atoms with van der Waals surface area (Å²) in [5, 5.41) is 0. The summed E-state index contributed by atoms with van der Waals surface area (Å²) in [6.45, 7) is 14.7. The first-order chi connectivity index (χ1) is 10.3. The monoisotopic (exact) mass is 297 g/mol. The quantitative estimate of drug-likeness (QED) is 0.634. The highest BCUT2D eigenvalue weighted by molar-refractivity contribution is 5.75. The predicted octanol–water partition coefficient (Wildman–Crippen LogP) is 5.22. The molecule has 0 N–H and O–H groups in total. The molecule has 120 valence electrons. The Balaban J connectivity index is 2.07. The normalized spacial score (nSPS) is 39.1. The summed E-state index contributed by atoms with van der Waals surface area (Å²) >= 11 is 0. The highest BCUT2D eigenvalue weighted by atomic mass is 15.2. The summed E-state index contributed by atoms with van der Waals surface area (Å²) in [6, 6.07) is 0.639. The maximum Gasteiger partial charge on any atom is 0.0443 e. The molecule has 0 unspecified atom stereocenters. The number of hydrogen-bond acceptors (Lipinski definition) is 1. The molecule has 4 rings (SSSR count). The molecule has 1 aromatic carbocycles. The smallest absolute Gasteiger partial charge is 0.0443 e. The van der Waals surface area contributed by atoms with Gasteiger partial charge in [0.25, 0.3) is 0 Å². The molecule has 0 amide bonds. The third kappa shape index (κ3) is 1.56. The lowest BCUT2D eigenvalue weighted by atomic mass is 9.84. The molecule has 6 atom stereocenters. The second kappa shape index (κ2) is 4.52. The largest absolute Gasteiger partial charge is 0.371 e. The fourth-order valence-electron chi connectivity index (χ4n) is 5.60. The number of fused-ring (bicyclic) bond motifs is 6. The van der Waals surface area contributed by atoms with Crippen LogP contribution < -0.4 is 4.90 Å². The molecular formula is C21H31N. The summed E-state index contributed by atoms with van der Waals surface area (Å²) in [7, 11) is 2.33. The third-order valence-corrected chi connectivity index (χ3v) is 7.62. The molecule has 0 radical (unpaired) electrons. The van der Waals surface area contributed by atoms with Gasteiger partial charge < -0.3 is 4.90 Å². The van der Waals surface area contributed by atoms with E-state index in [-0.39, 0.29) is 0 Å². The van der Waals surface area contributed by atoms with Crippen molar-refractivity contribution in [1.29, 1.82) is 0 Å². The first kappa shape index (κ1) is 14.6. The van der Waals surface area contributed by atoms with Crippen LogP contribution in [-0.4, -0.2) is 13.1 Å². The van der Waals surface area contributed by atoms with Gasteiger partial charge in [-0.3, -0.25) is 0 Å². The molecule has 0 aromatic heterocycles. The Kier molecular flexibility index (Phi) is 3.00. The van der Waals surface area contributed by atoms with Gasteiger partial charge in [-0.15, -0.1) is 0 Å². The van der Waals surface area contributed by atoms with Crippen LogP contribution in [0.4, 0.5) is 5.69 Å². The fraction of sp³-hybridized carbons (Fsp3) is 0.714. The van der Waals surface area contributed by atoms with E-state index >= 15 is 0 Å². The second-order valence-corrected chi connectivity index (χ2v) is 8.63. The second-order valence-electron chi connectivity index (χ2n) is 8.63. The maximum absolute atomic E-state index is 2.60. The van der Waals surface area contributed by atoms with E-state index in [9.17, 15) is 0 Å². The van der Waals surface area contributed by atoms with Gasteiger partial charge >= 0.3 is 0 Å². The molecule has 1 heterocycles. The number of nitrogens with zero attached hydrogens (tertiary/aromatic N) is 1. The molecule has 1 heteroatoms. The molecule has 0 saturated heterocycles. The number of hydrogen-bond donors (Lipinski definition) is 0. The van der Waals surface area contributed by atoms with Crippen molar-refractivity contribution in [2.45, 2.75) is 78.2 Å². The van der Waals surface area contributed by atoms with Gasteiger partial charge in [-0.2, -0.15) is 0 Å². The summed E-state index contributed by atoms with van der Waals surface area (Å²) in [5.41, 5.74) is 10.3. The molecular weight excluding hydrogens is 266 g/mol. The van der Waals surface area contributed by atoms with Crippen molar-refractivity contribution in [3.05, 3.63) is 27.8 Å². The first-order valence-electron chi connectivity index (χ1n) is 9.28. The van der Waals surface area contributed by atoms with E-state index in [2.05, 4.69) is 53.5 Å². The van der Waals surface area contributed by atoms with Crippen molar-refractivity contribution in [2.24, 2.45) is 11.8 Å². The number of rotatable bonds is 0.